The molecular weight excluding hydrogens is 390 g/mol. The number of urea groups is 1. The Morgan fingerprint density at radius 1 is 0.862 bits per heavy atom. The van der Waals surface area contributed by atoms with E-state index >= 15 is 0 Å². The van der Waals surface area contributed by atoms with E-state index in [1.807, 2.05) is 24.3 Å². The lowest BCUT2D eigenvalue weighted by Crippen LogP contribution is -2.48. The van der Waals surface area contributed by atoms with Gasteiger partial charge in [0.05, 0.1) is 11.4 Å². The summed E-state index contributed by atoms with van der Waals surface area (Å²) in [5.74, 6) is -0.276. The molecule has 29 heavy (non-hydrogen) atoms. The lowest BCUT2D eigenvalue weighted by Gasteiger charge is -2.35. The van der Waals surface area contributed by atoms with Gasteiger partial charge in [-0.3, -0.25) is 4.79 Å². The summed E-state index contributed by atoms with van der Waals surface area (Å²) < 4.78 is 26.9. The predicted octanol–water partition coefficient (Wildman–Crippen LogP) is 2.45. The molecule has 3 amide bonds. The van der Waals surface area contributed by atoms with Crippen molar-refractivity contribution in [1.29, 1.82) is 0 Å². The van der Waals surface area contributed by atoms with Gasteiger partial charge in [0.1, 0.15) is 6.54 Å². The second kappa shape index (κ2) is 7.96. The van der Waals surface area contributed by atoms with E-state index in [1.54, 1.807) is 41.3 Å². The minimum absolute atomic E-state index is 0.0264. The number of carbonyl (C=O) groups is 2. The number of sulfonamides is 1. The molecule has 2 saturated heterocycles. The number of imide groups is 1. The number of nitrogens with zero attached hydrogens (tertiary/aromatic N) is 3. The van der Waals surface area contributed by atoms with Crippen LogP contribution in [-0.4, -0.2) is 55.2 Å². The van der Waals surface area contributed by atoms with Crippen LogP contribution in [0.2, 0.25) is 0 Å². The van der Waals surface area contributed by atoms with Crippen LogP contribution in [0.15, 0.2) is 60.7 Å². The van der Waals surface area contributed by atoms with Crippen molar-refractivity contribution in [1.82, 2.24) is 9.21 Å². The van der Waals surface area contributed by atoms with E-state index in [-0.39, 0.29) is 30.3 Å². The minimum Gasteiger partial charge on any atom is -0.312 e. The number of anilines is 1. The van der Waals surface area contributed by atoms with Crippen molar-refractivity contribution in [2.45, 2.75) is 24.6 Å². The zero-order chi connectivity index (χ0) is 20.4. The highest BCUT2D eigenvalue weighted by Gasteiger charge is 2.42. The molecule has 0 N–H and O–H groups in total. The molecule has 2 aromatic carbocycles. The molecule has 0 spiro atoms. The average molecular weight is 413 g/mol. The summed E-state index contributed by atoms with van der Waals surface area (Å²) in [5, 5.41) is 0. The van der Waals surface area contributed by atoms with E-state index in [0.29, 0.717) is 31.6 Å². The maximum atomic E-state index is 12.8. The van der Waals surface area contributed by atoms with Gasteiger partial charge in [0.15, 0.2) is 0 Å². The second-order valence-corrected chi connectivity index (χ2v) is 9.32. The van der Waals surface area contributed by atoms with E-state index in [2.05, 4.69) is 0 Å². The van der Waals surface area contributed by atoms with Crippen LogP contribution in [0.25, 0.3) is 0 Å². The molecule has 152 valence electrons. The summed E-state index contributed by atoms with van der Waals surface area (Å²) in [4.78, 5) is 28.0. The van der Waals surface area contributed by atoms with Crippen molar-refractivity contribution in [3.05, 3.63) is 66.2 Å². The average Bonchev–Trinajstić information content (AvgIpc) is 3.03. The molecule has 0 bridgehead atoms. The Balaban J connectivity index is 1.40. The molecule has 2 aliphatic rings. The lowest BCUT2D eigenvalue weighted by molar-refractivity contribution is -0.116. The third-order valence-electron chi connectivity index (χ3n) is 5.46. The van der Waals surface area contributed by atoms with Gasteiger partial charge in [-0.2, -0.15) is 0 Å². The molecule has 2 fully saturated rings. The number of hydrogen-bond donors (Lipinski definition) is 0. The molecule has 4 rings (SSSR count). The zero-order valence-corrected chi connectivity index (χ0v) is 16.8. The molecule has 2 aromatic rings. The van der Waals surface area contributed by atoms with Crippen molar-refractivity contribution in [3.63, 3.8) is 0 Å². The van der Waals surface area contributed by atoms with Crippen molar-refractivity contribution in [2.24, 2.45) is 0 Å². The van der Waals surface area contributed by atoms with E-state index in [4.69, 9.17) is 0 Å². The summed E-state index contributed by atoms with van der Waals surface area (Å²) in [6, 6.07) is 17.5. The number of piperidine rings is 1. The van der Waals surface area contributed by atoms with Gasteiger partial charge in [0, 0.05) is 19.1 Å². The second-order valence-electron chi connectivity index (χ2n) is 7.35. The van der Waals surface area contributed by atoms with Crippen LogP contribution in [0.4, 0.5) is 10.5 Å². The first kappa shape index (κ1) is 19.6. The maximum absolute atomic E-state index is 12.8. The standard InChI is InChI=1S/C21H23N3O4S/c25-20-15-23(21(26)24(20)19-9-5-2-6-10-19)18-11-13-22(14-12-18)29(27,28)16-17-7-3-1-4-8-17/h1-10,18H,11-16H2. The van der Waals surface area contributed by atoms with Gasteiger partial charge in [-0.15, -0.1) is 0 Å². The highest BCUT2D eigenvalue weighted by atomic mass is 32.2. The lowest BCUT2D eigenvalue weighted by atomic mass is 10.1. The van der Waals surface area contributed by atoms with Crippen LogP contribution in [0, 0.1) is 0 Å². The largest absolute Gasteiger partial charge is 0.332 e. The highest BCUT2D eigenvalue weighted by Crippen LogP contribution is 2.27. The SMILES string of the molecule is O=C1CN(C2CCN(S(=O)(=O)Cc3ccccc3)CC2)C(=O)N1c1ccccc1. The number of para-hydroxylation sites is 1. The Morgan fingerprint density at radius 3 is 2.07 bits per heavy atom. The Morgan fingerprint density at radius 2 is 1.45 bits per heavy atom. The van der Waals surface area contributed by atoms with Crippen molar-refractivity contribution in [3.8, 4) is 0 Å². The topological polar surface area (TPSA) is 78.0 Å². The predicted molar refractivity (Wildman–Crippen MR) is 110 cm³/mol. The van der Waals surface area contributed by atoms with Crippen molar-refractivity contribution >= 4 is 27.6 Å². The van der Waals surface area contributed by atoms with Crippen LogP contribution in [0.5, 0.6) is 0 Å². The fourth-order valence-corrected chi connectivity index (χ4v) is 5.51. The fourth-order valence-electron chi connectivity index (χ4n) is 3.94. The van der Waals surface area contributed by atoms with Gasteiger partial charge in [-0.1, -0.05) is 48.5 Å². The maximum Gasteiger partial charge on any atom is 0.332 e. The van der Waals surface area contributed by atoms with Crippen LogP contribution in [-0.2, 0) is 20.6 Å². The molecule has 2 heterocycles. The van der Waals surface area contributed by atoms with E-state index in [9.17, 15) is 18.0 Å². The summed E-state index contributed by atoms with van der Waals surface area (Å²) in [5.41, 5.74) is 1.32. The minimum atomic E-state index is -3.41. The Hall–Kier alpha value is -2.71. The summed E-state index contributed by atoms with van der Waals surface area (Å²) in [6.07, 6.45) is 1.05. The van der Waals surface area contributed by atoms with Gasteiger partial charge in [0.2, 0.25) is 10.0 Å². The Bertz CT molecular complexity index is 987. The first-order chi connectivity index (χ1) is 14.0. The van der Waals surface area contributed by atoms with Crippen LogP contribution >= 0.6 is 0 Å². The quantitative estimate of drug-likeness (QED) is 0.706. The molecule has 0 aliphatic carbocycles. The summed E-state index contributed by atoms with van der Waals surface area (Å²) in [7, 11) is -3.41. The third kappa shape index (κ3) is 4.04. The summed E-state index contributed by atoms with van der Waals surface area (Å²) in [6.45, 7) is 0.738. The number of rotatable bonds is 5. The normalized spacial score (nSPS) is 19.2. The number of hydrogen-bond acceptors (Lipinski definition) is 4. The smallest absolute Gasteiger partial charge is 0.312 e. The monoisotopic (exact) mass is 413 g/mol. The van der Waals surface area contributed by atoms with Gasteiger partial charge in [0.25, 0.3) is 5.91 Å². The molecule has 0 aromatic heterocycles. The van der Waals surface area contributed by atoms with E-state index in [1.165, 1.54) is 9.21 Å². The number of benzene rings is 2. The molecule has 0 radical (unpaired) electrons. The first-order valence-electron chi connectivity index (χ1n) is 9.66. The van der Waals surface area contributed by atoms with Gasteiger partial charge < -0.3 is 4.90 Å². The molecule has 2 aliphatic heterocycles. The molecular formula is C21H23N3O4S. The van der Waals surface area contributed by atoms with E-state index < -0.39 is 10.0 Å². The van der Waals surface area contributed by atoms with Crippen molar-refractivity contribution < 1.29 is 18.0 Å². The molecule has 0 unspecified atom stereocenters. The van der Waals surface area contributed by atoms with E-state index in [0.717, 1.165) is 5.56 Å². The van der Waals surface area contributed by atoms with Gasteiger partial charge >= 0.3 is 6.03 Å². The molecule has 8 heteroatoms. The van der Waals surface area contributed by atoms with Gasteiger partial charge in [-0.05, 0) is 30.5 Å². The first-order valence-corrected chi connectivity index (χ1v) is 11.3. The zero-order valence-electron chi connectivity index (χ0n) is 16.0. The molecule has 0 saturated carbocycles. The van der Waals surface area contributed by atoms with Crippen LogP contribution < -0.4 is 4.90 Å². The van der Waals surface area contributed by atoms with Crippen molar-refractivity contribution in [2.75, 3.05) is 24.5 Å². The number of carbonyl (C=O) groups excluding carboxylic acids is 2. The number of amides is 3. The third-order valence-corrected chi connectivity index (χ3v) is 7.31. The highest BCUT2D eigenvalue weighted by molar-refractivity contribution is 7.88. The molecule has 0 atom stereocenters. The Labute approximate surface area is 170 Å². The Kier molecular flexibility index (Phi) is 5.38. The molecule has 7 nitrogen and oxygen atoms in total. The van der Waals surface area contributed by atoms with Gasteiger partial charge in [-0.25, -0.2) is 22.4 Å². The van der Waals surface area contributed by atoms with Crippen LogP contribution in [0.1, 0.15) is 18.4 Å². The van der Waals surface area contributed by atoms with Crippen LogP contribution in [0.3, 0.4) is 0 Å². The summed E-state index contributed by atoms with van der Waals surface area (Å²) >= 11 is 0. The fraction of sp³-hybridized carbons (Fsp3) is 0.333.